The minimum absolute atomic E-state index is 0.0139. The number of oxime groups is 2. The molecular weight excluding hydrogens is 328 g/mol. The zero-order valence-electron chi connectivity index (χ0n) is 14.8. The first-order valence-corrected chi connectivity index (χ1v) is 7.33. The number of nitrogens with zero attached hydrogens (tertiary/aromatic N) is 4. The molecule has 0 saturated carbocycles. The number of rotatable bonds is 8. The maximum Gasteiger partial charge on any atom is 0.348 e. The summed E-state index contributed by atoms with van der Waals surface area (Å²) in [6, 6.07) is 3.22. The van der Waals surface area contributed by atoms with E-state index in [1.807, 2.05) is 6.92 Å². The summed E-state index contributed by atoms with van der Waals surface area (Å²) in [5.74, 6) is 1.85. The third-order valence-electron chi connectivity index (χ3n) is 2.80. The first-order valence-electron chi connectivity index (χ1n) is 7.33. The molecule has 1 aromatic heterocycles. The molecule has 0 radical (unpaired) electrons. The van der Waals surface area contributed by atoms with Crippen LogP contribution in [0.3, 0.4) is 0 Å². The van der Waals surface area contributed by atoms with Gasteiger partial charge in [-0.3, -0.25) is 0 Å². The molecule has 1 aromatic rings. The molecule has 0 N–H and O–H groups in total. The van der Waals surface area contributed by atoms with Gasteiger partial charge in [0.05, 0.1) is 12.7 Å². The van der Waals surface area contributed by atoms with Gasteiger partial charge in [0, 0.05) is 12.1 Å². The lowest BCUT2D eigenvalue weighted by molar-refractivity contribution is -0.133. The van der Waals surface area contributed by atoms with Crippen LogP contribution in [0.1, 0.15) is 26.3 Å². The maximum atomic E-state index is 11.9. The second kappa shape index (κ2) is 10.6. The van der Waals surface area contributed by atoms with E-state index < -0.39 is 5.97 Å². The Morgan fingerprint density at radius 3 is 2.60 bits per heavy atom. The maximum absolute atomic E-state index is 11.9. The topological polar surface area (TPSA) is 104 Å². The summed E-state index contributed by atoms with van der Waals surface area (Å²) in [7, 11) is 2.57. The van der Waals surface area contributed by atoms with Crippen molar-refractivity contribution in [2.75, 3.05) is 20.8 Å². The number of ether oxygens (including phenoxy) is 1. The van der Waals surface area contributed by atoms with Crippen molar-refractivity contribution in [1.82, 2.24) is 4.98 Å². The lowest BCUT2D eigenvalue weighted by Crippen LogP contribution is -2.10. The summed E-state index contributed by atoms with van der Waals surface area (Å²) >= 11 is 0. The van der Waals surface area contributed by atoms with Crippen molar-refractivity contribution in [2.24, 2.45) is 15.5 Å². The van der Waals surface area contributed by atoms with Crippen LogP contribution in [0.4, 0.5) is 0 Å². The Kier molecular flexibility index (Phi) is 8.39. The van der Waals surface area contributed by atoms with E-state index in [0.717, 1.165) is 0 Å². The minimum Gasteiger partial charge on any atom is -0.465 e. The molecule has 134 valence electrons. The zero-order valence-corrected chi connectivity index (χ0v) is 14.8. The molecule has 0 atom stereocenters. The van der Waals surface area contributed by atoms with Crippen LogP contribution in [-0.4, -0.2) is 49.1 Å². The van der Waals surface area contributed by atoms with Crippen molar-refractivity contribution in [3.63, 3.8) is 0 Å². The second-order valence-electron chi connectivity index (χ2n) is 4.47. The Hall–Kier alpha value is -3.19. The lowest BCUT2D eigenvalue weighted by Gasteiger charge is -2.07. The molecule has 0 spiro atoms. The monoisotopic (exact) mass is 348 g/mol. The van der Waals surface area contributed by atoms with Crippen molar-refractivity contribution >= 4 is 28.8 Å². The molecule has 0 aromatic carbocycles. The second-order valence-corrected chi connectivity index (χ2v) is 4.47. The Morgan fingerprint density at radius 1 is 1.24 bits per heavy atom. The molecule has 0 unspecified atom stereocenters. The van der Waals surface area contributed by atoms with Gasteiger partial charge >= 0.3 is 5.97 Å². The standard InChI is InChI=1S/C16H20N4O5/c1-6-24-19-11(2)12(3)20-25-15-13(8-7-9-17-15)14(10-18-23-5)16(21)22-4/h7-9H,6H2,1-5H3. The highest BCUT2D eigenvalue weighted by Gasteiger charge is 2.19. The van der Waals surface area contributed by atoms with Crippen LogP contribution >= 0.6 is 0 Å². The molecule has 0 amide bonds. The fourth-order valence-electron chi connectivity index (χ4n) is 1.47. The van der Waals surface area contributed by atoms with Gasteiger partial charge < -0.3 is 19.2 Å². The number of carbonyl (C=O) groups excluding carboxylic acids is 1. The third-order valence-corrected chi connectivity index (χ3v) is 2.80. The summed E-state index contributed by atoms with van der Waals surface area (Å²) in [4.78, 5) is 30.9. The first kappa shape index (κ1) is 19.9. The van der Waals surface area contributed by atoms with Gasteiger partial charge in [0.1, 0.15) is 30.7 Å². The predicted octanol–water partition coefficient (Wildman–Crippen LogP) is 2.04. The van der Waals surface area contributed by atoms with E-state index in [1.165, 1.54) is 20.4 Å². The van der Waals surface area contributed by atoms with Crippen LogP contribution in [0.25, 0.3) is 5.57 Å². The van der Waals surface area contributed by atoms with Gasteiger partial charge in [0.2, 0.25) is 0 Å². The molecule has 1 heterocycles. The van der Waals surface area contributed by atoms with Crippen LogP contribution in [-0.2, 0) is 19.2 Å². The number of hydrogen-bond acceptors (Lipinski definition) is 9. The van der Waals surface area contributed by atoms with Crippen molar-refractivity contribution in [3.8, 4) is 5.88 Å². The Labute approximate surface area is 145 Å². The molecule has 0 aliphatic carbocycles. The summed E-state index contributed by atoms with van der Waals surface area (Å²) in [6.07, 6.45) is 1.49. The van der Waals surface area contributed by atoms with E-state index in [4.69, 9.17) is 14.4 Å². The van der Waals surface area contributed by atoms with Gasteiger partial charge in [0.25, 0.3) is 5.88 Å². The highest BCUT2D eigenvalue weighted by atomic mass is 16.6. The zero-order chi connectivity index (χ0) is 18.7. The third kappa shape index (κ3) is 6.08. The van der Waals surface area contributed by atoms with Crippen LogP contribution in [0.2, 0.25) is 0 Å². The van der Waals surface area contributed by atoms with E-state index in [9.17, 15) is 4.79 Å². The van der Waals surface area contributed by atoms with E-state index in [-0.39, 0.29) is 11.5 Å². The molecule has 1 rings (SSSR count). The SMILES string of the molecule is CCON=C(C)C(C)=NOc1ncccc1C(=C=NOC)C(=O)OC. The summed E-state index contributed by atoms with van der Waals surface area (Å²) in [6.45, 7) is 5.69. The van der Waals surface area contributed by atoms with Gasteiger partial charge in [-0.1, -0.05) is 10.3 Å². The Bertz CT molecular complexity index is 721. The lowest BCUT2D eigenvalue weighted by atomic mass is 10.1. The molecule has 25 heavy (non-hydrogen) atoms. The minimum atomic E-state index is -0.673. The quantitative estimate of drug-likeness (QED) is 0.308. The van der Waals surface area contributed by atoms with Crippen molar-refractivity contribution in [1.29, 1.82) is 0 Å². The van der Waals surface area contributed by atoms with Crippen molar-refractivity contribution in [3.05, 3.63) is 23.9 Å². The van der Waals surface area contributed by atoms with E-state index in [1.54, 1.807) is 26.0 Å². The van der Waals surface area contributed by atoms with Crippen LogP contribution < -0.4 is 4.84 Å². The number of carbonyl (C=O) groups is 1. The molecule has 9 nitrogen and oxygen atoms in total. The molecule has 0 aliphatic heterocycles. The Morgan fingerprint density at radius 2 is 1.96 bits per heavy atom. The van der Waals surface area contributed by atoms with Crippen LogP contribution in [0.15, 0.2) is 33.8 Å². The summed E-state index contributed by atoms with van der Waals surface area (Å²) < 4.78 is 4.72. The smallest absolute Gasteiger partial charge is 0.348 e. The number of esters is 1. The fraction of sp³-hybridized carbons (Fsp3) is 0.375. The van der Waals surface area contributed by atoms with Crippen molar-refractivity contribution in [2.45, 2.75) is 20.8 Å². The van der Waals surface area contributed by atoms with Crippen LogP contribution in [0, 0.1) is 0 Å². The number of hydrogen-bond donors (Lipinski definition) is 0. The van der Waals surface area contributed by atoms with Gasteiger partial charge in [0.15, 0.2) is 0 Å². The largest absolute Gasteiger partial charge is 0.465 e. The summed E-state index contributed by atoms with van der Waals surface area (Å²) in [5, 5.41) is 11.3. The van der Waals surface area contributed by atoms with Gasteiger partial charge in [-0.25, -0.2) is 9.78 Å². The van der Waals surface area contributed by atoms with Gasteiger partial charge in [-0.2, -0.15) is 0 Å². The average molecular weight is 348 g/mol. The fourth-order valence-corrected chi connectivity index (χ4v) is 1.47. The molecule has 0 bridgehead atoms. The summed E-state index contributed by atoms with van der Waals surface area (Å²) in [5.41, 5.74) is 1.31. The van der Waals surface area contributed by atoms with E-state index >= 15 is 0 Å². The predicted molar refractivity (Wildman–Crippen MR) is 92.6 cm³/mol. The molecule has 0 aliphatic rings. The molecular formula is C16H20N4O5. The van der Waals surface area contributed by atoms with Crippen molar-refractivity contribution < 1.29 is 24.0 Å². The van der Waals surface area contributed by atoms with E-state index in [0.29, 0.717) is 23.6 Å². The van der Waals surface area contributed by atoms with Gasteiger partial charge in [-0.15, -0.1) is 0 Å². The number of pyridine rings is 1. The average Bonchev–Trinajstić information content (AvgIpc) is 2.64. The normalized spacial score (nSPS) is 11.2. The Balaban J connectivity index is 3.19. The number of methoxy groups -OCH3 is 1. The number of aromatic nitrogens is 1. The molecule has 9 heteroatoms. The highest BCUT2D eigenvalue weighted by Crippen LogP contribution is 2.23. The van der Waals surface area contributed by atoms with E-state index in [2.05, 4.69) is 31.2 Å². The molecule has 0 saturated heterocycles. The van der Waals surface area contributed by atoms with Gasteiger partial charge in [-0.05, 0) is 38.1 Å². The van der Waals surface area contributed by atoms with Crippen LogP contribution in [0.5, 0.6) is 5.88 Å². The highest BCUT2D eigenvalue weighted by molar-refractivity contribution is 6.40. The molecule has 0 fully saturated rings. The first-order chi connectivity index (χ1) is 12.0.